The summed E-state index contributed by atoms with van der Waals surface area (Å²) in [5.74, 6) is -29.6. The number of guanidine groups is 1. The van der Waals surface area contributed by atoms with Crippen LogP contribution in [0.1, 0.15) is 179 Å². The van der Waals surface area contributed by atoms with Crippen molar-refractivity contribution in [2.75, 3.05) is 26.3 Å². The van der Waals surface area contributed by atoms with Crippen LogP contribution in [0.5, 0.6) is 0 Å². The van der Waals surface area contributed by atoms with Crippen molar-refractivity contribution in [1.29, 1.82) is 5.41 Å². The van der Waals surface area contributed by atoms with Crippen molar-refractivity contribution in [3.8, 4) is 0 Å². The zero-order valence-corrected chi connectivity index (χ0v) is 63.9. The van der Waals surface area contributed by atoms with Gasteiger partial charge in [-0.1, -0.05) is 52.0 Å². The lowest BCUT2D eigenvalue weighted by molar-refractivity contribution is -0.141. The fraction of sp³-hybridized carbons (Fsp3) is 0.600. The molecule has 1 unspecified atom stereocenters. The highest BCUT2D eigenvalue weighted by molar-refractivity contribution is 6.00. The average Bonchev–Trinajstić information content (AvgIpc) is 0.855. The van der Waals surface area contributed by atoms with Crippen LogP contribution < -0.4 is 69.5 Å². The SMILES string of the molecule is CC(=O)c1ccc(C[C@H](NC(=O)[C@@H](CCC(=O)O)NC(=O)[C@@H](CCC(=O)O)NC(=O)[C@@H](CCC(=O)O)NC(=O)[C@@H](CCC(=O)O)NC(=O)[C@@H](CCC(=O)O)NC(=O)[C@@H](CCC(=O)O)NC(=O)[C@@H](CCC(=O)O)NC(=O)[C@@H](CCC(=O)O)NC(=O)C(C)CCC(=O)O)C(=O)NCCOCC(=O)N[C@@H](CCCNC(=N)N)C(C)(C)C)cc1. The molecule has 0 aromatic heterocycles. The molecule has 24 N–H and O–H groups in total. The Kier molecular flexibility index (Phi) is 45.4. The van der Waals surface area contributed by atoms with Crippen LogP contribution in [0.3, 0.4) is 0 Å². The average molecular weight is 1640 g/mol. The summed E-state index contributed by atoms with van der Waals surface area (Å²) in [6, 6.07) is -12.7. The lowest BCUT2D eigenvalue weighted by Gasteiger charge is -2.31. The Morgan fingerprint density at radius 1 is 0.365 bits per heavy atom. The van der Waals surface area contributed by atoms with Gasteiger partial charge in [0, 0.05) is 94.8 Å². The molecule has 1 aromatic rings. The lowest BCUT2D eigenvalue weighted by atomic mass is 9.84. The molecule has 0 aliphatic heterocycles. The Morgan fingerprint density at radius 3 is 0.896 bits per heavy atom. The van der Waals surface area contributed by atoms with Crippen molar-refractivity contribution in [3.63, 3.8) is 0 Å². The first-order chi connectivity index (χ1) is 53.7. The molecule has 0 heterocycles. The highest BCUT2D eigenvalue weighted by atomic mass is 16.5. The third-order valence-corrected chi connectivity index (χ3v) is 17.1. The van der Waals surface area contributed by atoms with Gasteiger partial charge in [0.1, 0.15) is 61.0 Å². The maximum absolute atomic E-state index is 14.3. The summed E-state index contributed by atoms with van der Waals surface area (Å²) in [7, 11) is 0. The number of benzene rings is 1. The van der Waals surface area contributed by atoms with E-state index < -0.39 is 300 Å². The highest BCUT2D eigenvalue weighted by Crippen LogP contribution is 2.23. The zero-order valence-electron chi connectivity index (χ0n) is 63.9. The molecule has 0 saturated carbocycles. The maximum atomic E-state index is 14.3. The number of nitrogens with one attached hydrogen (secondary N) is 13. The van der Waals surface area contributed by atoms with E-state index in [1.807, 2.05) is 20.8 Å². The molecular formula is C70H104N14O31. The number of amides is 11. The smallest absolute Gasteiger partial charge is 0.303 e. The number of carbonyl (C=O) groups excluding carboxylic acids is 12. The molecule has 0 bridgehead atoms. The normalized spacial score (nSPS) is 13.9. The van der Waals surface area contributed by atoms with Crippen molar-refractivity contribution < 1.29 is 151 Å². The molecule has 0 saturated heterocycles. The third kappa shape index (κ3) is 43.8. The number of carbonyl (C=O) groups is 21. The van der Waals surface area contributed by atoms with Crippen molar-refractivity contribution in [2.45, 2.75) is 230 Å². The summed E-state index contributed by atoms with van der Waals surface area (Å²) in [6.07, 6.45) is -14.4. The predicted molar refractivity (Wildman–Crippen MR) is 393 cm³/mol. The van der Waals surface area contributed by atoms with Gasteiger partial charge in [-0.25, -0.2) is 0 Å². The molecule has 0 radical (unpaired) electrons. The zero-order chi connectivity index (χ0) is 87.4. The first-order valence-electron chi connectivity index (χ1n) is 36.2. The van der Waals surface area contributed by atoms with E-state index in [4.69, 9.17) is 21.0 Å². The summed E-state index contributed by atoms with van der Waals surface area (Å²) in [6.45, 7) is 7.64. The number of nitrogens with two attached hydrogens (primary N) is 1. The highest BCUT2D eigenvalue weighted by Gasteiger charge is 2.38. The number of rotatable bonds is 59. The van der Waals surface area contributed by atoms with E-state index in [9.17, 15) is 142 Å². The second-order valence-corrected chi connectivity index (χ2v) is 27.6. The number of aliphatic carboxylic acids is 9. The summed E-state index contributed by atoms with van der Waals surface area (Å²) in [4.78, 5) is 272. The van der Waals surface area contributed by atoms with Crippen LogP contribution in [0.15, 0.2) is 24.3 Å². The molecule has 11 amide bonds. The molecule has 115 heavy (non-hydrogen) atoms. The van der Waals surface area contributed by atoms with Gasteiger partial charge in [0.05, 0.1) is 6.61 Å². The van der Waals surface area contributed by atoms with E-state index in [2.05, 4.69) is 63.8 Å². The largest absolute Gasteiger partial charge is 0.481 e. The van der Waals surface area contributed by atoms with E-state index in [1.54, 1.807) is 0 Å². The lowest BCUT2D eigenvalue weighted by Crippen LogP contribution is -2.60. The number of hydrogen-bond donors (Lipinski definition) is 23. The monoisotopic (exact) mass is 1640 g/mol. The molecule has 640 valence electrons. The van der Waals surface area contributed by atoms with Gasteiger partial charge in [-0.2, -0.15) is 0 Å². The maximum Gasteiger partial charge on any atom is 0.303 e. The summed E-state index contributed by atoms with van der Waals surface area (Å²) < 4.78 is 5.51. The van der Waals surface area contributed by atoms with Crippen LogP contribution in [0.4, 0.5) is 0 Å². The van der Waals surface area contributed by atoms with E-state index >= 15 is 0 Å². The Bertz CT molecular complexity index is 3640. The standard InChI is InChI=1S/C70H104N14O31/c1-35(8-21-50(87)88)59(105)75-39(13-22-51(89)90)61(107)76-40(14-23-52(91)92)62(108)77-41(15-24-53(93)94)63(109)78-42(16-25-54(95)96)64(110)79-43(17-26-55(97)98)65(111)80-44(18-27-56(99)100)66(112)81-45(19-28-57(101)102)67(113)82-46(20-29-58(103)104)68(114)83-47(33-37-9-11-38(12-10-37)36(2)85)60(106)73-31-32-115-34-49(86)84-48(70(3,4)5)7-6-30-74-69(71)72/h9-12,35,39-48H,6-8,13-34H2,1-5H3,(H,73,106)(H,75,105)(H,76,107)(H,77,108)(H,78,109)(H,79,110)(H,80,111)(H,81,112)(H,82,113)(H,83,114)(H,84,86)(H,87,88)(H,89,90)(H,91,92)(H,93,94)(H,95,96)(H,97,98)(H,99,100)(H,101,102)(H,103,104)(H4,71,72,74)/t35?,39-,40-,41-,42-,43-,44-,45-,46-,47+,48+/m1/s1. The molecule has 0 spiro atoms. The Morgan fingerprint density at radius 2 is 0.635 bits per heavy atom. The van der Waals surface area contributed by atoms with Crippen LogP contribution in [0.2, 0.25) is 0 Å². The van der Waals surface area contributed by atoms with Crippen LogP contribution in [0.25, 0.3) is 0 Å². The fourth-order valence-electron chi connectivity index (χ4n) is 10.6. The van der Waals surface area contributed by atoms with Gasteiger partial charge in [0.25, 0.3) is 0 Å². The van der Waals surface area contributed by atoms with E-state index in [-0.39, 0.29) is 49.3 Å². The van der Waals surface area contributed by atoms with Gasteiger partial charge in [0.15, 0.2) is 11.7 Å². The number of carboxylic acid groups (broad SMARTS) is 9. The minimum Gasteiger partial charge on any atom is -0.481 e. The second kappa shape index (κ2) is 51.9. The molecule has 0 aliphatic carbocycles. The van der Waals surface area contributed by atoms with Crippen LogP contribution in [-0.2, 0) is 107 Å². The molecule has 45 nitrogen and oxygen atoms in total. The summed E-state index contributed by atoms with van der Waals surface area (Å²) >= 11 is 0. The predicted octanol–water partition coefficient (Wildman–Crippen LogP) is -3.86. The summed E-state index contributed by atoms with van der Waals surface area (Å²) in [5, 5.41) is 121. The van der Waals surface area contributed by atoms with Gasteiger partial charge in [-0.05, 0) is 88.5 Å². The van der Waals surface area contributed by atoms with Gasteiger partial charge < -0.3 is 120 Å². The van der Waals surface area contributed by atoms with Gasteiger partial charge >= 0.3 is 53.7 Å². The van der Waals surface area contributed by atoms with E-state index in [0.717, 1.165) is 0 Å². The Labute approximate surface area is 657 Å². The van der Waals surface area contributed by atoms with Gasteiger partial charge in [-0.3, -0.25) is 106 Å². The van der Waals surface area contributed by atoms with Crippen LogP contribution >= 0.6 is 0 Å². The van der Waals surface area contributed by atoms with Crippen LogP contribution in [0, 0.1) is 16.7 Å². The molecule has 0 aliphatic rings. The van der Waals surface area contributed by atoms with Crippen LogP contribution in [-0.4, -0.2) is 263 Å². The quantitative estimate of drug-likeness (QED) is 0.0128. The van der Waals surface area contributed by atoms with Gasteiger partial charge in [-0.15, -0.1) is 0 Å². The van der Waals surface area contributed by atoms with Crippen molar-refractivity contribution in [1.82, 2.24) is 63.8 Å². The molecular weight excluding hydrogens is 1530 g/mol. The van der Waals surface area contributed by atoms with E-state index in [1.165, 1.54) is 38.1 Å². The minimum absolute atomic E-state index is 0.220. The second-order valence-electron chi connectivity index (χ2n) is 27.6. The molecule has 11 atom stereocenters. The van der Waals surface area contributed by atoms with Crippen molar-refractivity contribution in [2.24, 2.45) is 17.1 Å². The van der Waals surface area contributed by atoms with Gasteiger partial charge in [0.2, 0.25) is 65.0 Å². The number of ketones is 1. The first kappa shape index (κ1) is 101. The number of Topliss-reactive ketones (excluding diaryl/α,β-unsaturated/α-hetero) is 1. The summed E-state index contributed by atoms with van der Waals surface area (Å²) in [5.41, 5.74) is 5.56. The Hall–Kier alpha value is -12.5. The molecule has 45 heteroatoms. The fourth-order valence-corrected chi connectivity index (χ4v) is 10.6. The van der Waals surface area contributed by atoms with Crippen molar-refractivity contribution in [3.05, 3.63) is 35.4 Å². The number of ether oxygens (including phenoxy) is 1. The minimum atomic E-state index is -2.19. The first-order valence-corrected chi connectivity index (χ1v) is 36.2. The number of hydrogen-bond acceptors (Lipinski definition) is 23. The number of carboxylic acids is 9. The molecule has 0 fully saturated rings. The van der Waals surface area contributed by atoms with Crippen molar-refractivity contribution >= 4 is 130 Å². The topological polar surface area (TPSA) is 744 Å². The molecule has 1 aromatic carbocycles. The van der Waals surface area contributed by atoms with E-state index in [0.29, 0.717) is 24.9 Å². The molecule has 1 rings (SSSR count). The Balaban J connectivity index is 3.79. The third-order valence-electron chi connectivity index (χ3n) is 17.1.